The van der Waals surface area contributed by atoms with Gasteiger partial charge in [-0.25, -0.2) is 0 Å². The summed E-state index contributed by atoms with van der Waals surface area (Å²) in [7, 11) is 3.09. The molecule has 1 aromatic rings. The zero-order chi connectivity index (χ0) is 29.3. The summed E-state index contributed by atoms with van der Waals surface area (Å²) in [6, 6.07) is -1.16. The number of aliphatic hydroxyl groups is 1. The molecule has 3 fully saturated rings. The first kappa shape index (κ1) is 28.7. The van der Waals surface area contributed by atoms with E-state index in [1.165, 1.54) is 4.90 Å². The van der Waals surface area contributed by atoms with Gasteiger partial charge in [-0.1, -0.05) is 24.4 Å². The number of carbonyl (C=O) groups is 5. The van der Waals surface area contributed by atoms with E-state index in [1.807, 2.05) is 0 Å². The van der Waals surface area contributed by atoms with Gasteiger partial charge in [-0.05, 0) is 64.3 Å². The second-order valence-corrected chi connectivity index (χ2v) is 12.3. The molecule has 1 amide bonds. The Morgan fingerprint density at radius 3 is 2.30 bits per heavy atom. The smallest absolute Gasteiger partial charge is 0.235 e. The third-order valence-corrected chi connectivity index (χ3v) is 9.84. The van der Waals surface area contributed by atoms with Crippen molar-refractivity contribution in [1.82, 2.24) is 9.80 Å². The molecule has 0 spiro atoms. The number of anilines is 1. The molecule has 40 heavy (non-hydrogen) atoms. The molecule has 216 valence electrons. The first-order valence-electron chi connectivity index (χ1n) is 13.7. The predicted octanol–water partition coefficient (Wildman–Crippen LogP) is 0.479. The van der Waals surface area contributed by atoms with Crippen molar-refractivity contribution in [2.75, 3.05) is 32.9 Å². The SMILES string of the molecule is CN(C)[C@@H]1C(=O)C(C(N)=O)C(=O)[C@@]2(O)C(=O)C3C(=O)c4c(O)c(N)c(CN5CCCCCC5)c(Cl)c4C[C@H]3C[C@@H]12. The fourth-order valence-corrected chi connectivity index (χ4v) is 7.78. The lowest BCUT2D eigenvalue weighted by Crippen LogP contribution is -2.74. The van der Waals surface area contributed by atoms with E-state index in [2.05, 4.69) is 4.90 Å². The van der Waals surface area contributed by atoms with Crippen LogP contribution in [0.15, 0.2) is 0 Å². The summed E-state index contributed by atoms with van der Waals surface area (Å²) in [4.78, 5) is 70.1. The van der Waals surface area contributed by atoms with Crippen LogP contribution >= 0.6 is 11.6 Å². The molecule has 0 radical (unpaired) electrons. The number of likely N-dealkylation sites (N-methyl/N-ethyl adjacent to an activating group) is 1. The van der Waals surface area contributed by atoms with Crippen molar-refractivity contribution in [2.24, 2.45) is 29.4 Å². The first-order valence-corrected chi connectivity index (χ1v) is 14.1. The molecule has 11 nitrogen and oxygen atoms in total. The number of ketones is 4. The van der Waals surface area contributed by atoms with Crippen LogP contribution in [0.5, 0.6) is 5.75 Å². The minimum absolute atomic E-state index is 0.0349. The average molecular weight is 575 g/mol. The van der Waals surface area contributed by atoms with Crippen LogP contribution in [0, 0.1) is 23.7 Å². The summed E-state index contributed by atoms with van der Waals surface area (Å²) in [5.74, 6) is -11.1. The molecule has 1 heterocycles. The van der Waals surface area contributed by atoms with E-state index in [0.29, 0.717) is 17.7 Å². The van der Waals surface area contributed by atoms with Crippen molar-refractivity contribution in [3.63, 3.8) is 0 Å². The van der Waals surface area contributed by atoms with Gasteiger partial charge < -0.3 is 21.7 Å². The highest BCUT2D eigenvalue weighted by Crippen LogP contribution is 2.53. The zero-order valence-corrected chi connectivity index (χ0v) is 23.4. The second-order valence-electron chi connectivity index (χ2n) is 11.9. The quantitative estimate of drug-likeness (QED) is 0.224. The highest BCUT2D eigenvalue weighted by Gasteiger charge is 2.69. The van der Waals surface area contributed by atoms with Crippen LogP contribution in [0.4, 0.5) is 5.69 Å². The standard InChI is InChI=1S/C28H35ClN4O7/c1-32(2)21-15-10-12-9-13-17(23(35)20(30)14(19(13)29)11-33-7-5-3-4-6-8-33)22(34)16(12)25(37)28(15,40)26(38)18(24(21)36)27(31)39/h12,15-16,18,21,35,40H,3-11,30H2,1-2H3,(H2,31,39)/t12-,15-,16?,18?,21-,28-/m0/s1. The molecule has 6 N–H and O–H groups in total. The normalized spacial score (nSPS) is 32.9. The maximum atomic E-state index is 13.9. The molecule has 2 unspecified atom stereocenters. The van der Waals surface area contributed by atoms with E-state index in [-0.39, 0.29) is 29.1 Å². The third kappa shape index (κ3) is 4.08. The van der Waals surface area contributed by atoms with Gasteiger partial charge in [0, 0.05) is 18.0 Å². The minimum Gasteiger partial charge on any atom is -0.505 e. The molecule has 0 bridgehead atoms. The number of Topliss-reactive ketones (excluding diaryl/α,β-unsaturated/α-hetero) is 4. The molecule has 1 saturated heterocycles. The number of amides is 1. The number of hydrogen-bond donors (Lipinski definition) is 4. The summed E-state index contributed by atoms with van der Waals surface area (Å²) < 4.78 is 0. The second kappa shape index (κ2) is 10.2. The Morgan fingerprint density at radius 1 is 1.10 bits per heavy atom. The van der Waals surface area contributed by atoms with Gasteiger partial charge in [-0.2, -0.15) is 0 Å². The van der Waals surface area contributed by atoms with Gasteiger partial charge in [0.05, 0.1) is 28.2 Å². The maximum absolute atomic E-state index is 13.9. The third-order valence-electron chi connectivity index (χ3n) is 9.38. The van der Waals surface area contributed by atoms with E-state index < -0.39 is 70.1 Å². The fraction of sp³-hybridized carbons (Fsp3) is 0.607. The summed E-state index contributed by atoms with van der Waals surface area (Å²) >= 11 is 6.87. The lowest BCUT2D eigenvalue weighted by Gasteiger charge is -2.52. The van der Waals surface area contributed by atoms with E-state index in [0.717, 1.165) is 38.8 Å². The Bertz CT molecular complexity index is 1320. The number of likely N-dealkylation sites (tertiary alicyclic amines) is 1. The van der Waals surface area contributed by atoms with Crippen molar-refractivity contribution in [2.45, 2.75) is 56.7 Å². The van der Waals surface area contributed by atoms with Crippen molar-refractivity contribution >= 4 is 46.3 Å². The van der Waals surface area contributed by atoms with Crippen LogP contribution in [0.1, 0.15) is 53.6 Å². The molecule has 1 aromatic carbocycles. The summed E-state index contributed by atoms with van der Waals surface area (Å²) in [5, 5.41) is 23.0. The van der Waals surface area contributed by atoms with Crippen LogP contribution in [0.25, 0.3) is 0 Å². The number of carbonyl (C=O) groups excluding carboxylic acids is 5. The molecule has 12 heteroatoms. The Labute approximate surface area is 236 Å². The summed E-state index contributed by atoms with van der Waals surface area (Å²) in [6.07, 6.45) is 4.40. The molecule has 0 aromatic heterocycles. The van der Waals surface area contributed by atoms with Gasteiger partial charge in [0.25, 0.3) is 0 Å². The Hall–Kier alpha value is -2.86. The monoisotopic (exact) mass is 574 g/mol. The van der Waals surface area contributed by atoms with Crippen LogP contribution in [0.2, 0.25) is 5.02 Å². The molecule has 3 aliphatic carbocycles. The Balaban J connectivity index is 1.58. The molecule has 2 saturated carbocycles. The first-order chi connectivity index (χ1) is 18.8. The number of hydrogen-bond acceptors (Lipinski definition) is 10. The largest absolute Gasteiger partial charge is 0.505 e. The zero-order valence-electron chi connectivity index (χ0n) is 22.6. The number of benzene rings is 1. The van der Waals surface area contributed by atoms with Gasteiger partial charge >= 0.3 is 0 Å². The topological polar surface area (TPSA) is 184 Å². The lowest BCUT2D eigenvalue weighted by atomic mass is 9.52. The number of rotatable bonds is 4. The van der Waals surface area contributed by atoms with Crippen molar-refractivity contribution < 1.29 is 34.2 Å². The van der Waals surface area contributed by atoms with Gasteiger partial charge in [-0.15, -0.1) is 0 Å². The van der Waals surface area contributed by atoms with Gasteiger partial charge in [-0.3, -0.25) is 33.8 Å². The average Bonchev–Trinajstić information content (AvgIpc) is 3.15. The molecular weight excluding hydrogens is 540 g/mol. The number of halogens is 1. The van der Waals surface area contributed by atoms with E-state index >= 15 is 0 Å². The summed E-state index contributed by atoms with van der Waals surface area (Å²) in [6.45, 7) is 2.11. The van der Waals surface area contributed by atoms with Gasteiger partial charge in [0.2, 0.25) is 5.91 Å². The van der Waals surface area contributed by atoms with E-state index in [9.17, 15) is 34.2 Å². The number of nitrogens with two attached hydrogens (primary N) is 2. The minimum atomic E-state index is -2.77. The number of fused-ring (bicyclic) bond motifs is 3. The summed E-state index contributed by atoms with van der Waals surface area (Å²) in [5.41, 5.74) is 9.54. The van der Waals surface area contributed by atoms with Crippen LogP contribution in [0.3, 0.4) is 0 Å². The Morgan fingerprint density at radius 2 is 1.73 bits per heavy atom. The van der Waals surface area contributed by atoms with Gasteiger partial charge in [0.1, 0.15) is 5.75 Å². The highest BCUT2D eigenvalue weighted by atomic mass is 35.5. The number of phenolic OH excluding ortho intramolecular Hbond substituents is 1. The molecule has 6 atom stereocenters. The molecule has 4 aliphatic rings. The van der Waals surface area contributed by atoms with Crippen molar-refractivity contribution in [3.8, 4) is 5.75 Å². The van der Waals surface area contributed by atoms with Crippen LogP contribution < -0.4 is 11.5 Å². The number of nitrogen functional groups attached to an aromatic ring is 1. The highest BCUT2D eigenvalue weighted by molar-refractivity contribution is 6.35. The lowest BCUT2D eigenvalue weighted by molar-refractivity contribution is -0.181. The van der Waals surface area contributed by atoms with E-state index in [4.69, 9.17) is 23.1 Å². The maximum Gasteiger partial charge on any atom is 0.235 e. The van der Waals surface area contributed by atoms with Crippen LogP contribution in [-0.2, 0) is 32.1 Å². The number of primary amides is 1. The number of phenols is 1. The van der Waals surface area contributed by atoms with Gasteiger partial charge in [0.15, 0.2) is 34.7 Å². The molecule has 5 rings (SSSR count). The van der Waals surface area contributed by atoms with Crippen molar-refractivity contribution in [1.29, 1.82) is 0 Å². The number of aromatic hydroxyl groups is 1. The molecular formula is C28H35ClN4O7. The Kier molecular flexibility index (Phi) is 7.31. The van der Waals surface area contributed by atoms with Crippen LogP contribution in [-0.4, -0.2) is 87.9 Å². The fourth-order valence-electron chi connectivity index (χ4n) is 7.44. The predicted molar refractivity (Wildman–Crippen MR) is 145 cm³/mol. The van der Waals surface area contributed by atoms with E-state index in [1.54, 1.807) is 14.1 Å². The molecule has 1 aliphatic heterocycles. The van der Waals surface area contributed by atoms with Crippen molar-refractivity contribution in [3.05, 3.63) is 21.7 Å². The number of nitrogens with zero attached hydrogens (tertiary/aromatic N) is 2.